The van der Waals surface area contributed by atoms with Gasteiger partial charge in [0.05, 0.1) is 17.4 Å². The summed E-state index contributed by atoms with van der Waals surface area (Å²) in [5, 5.41) is 0. The summed E-state index contributed by atoms with van der Waals surface area (Å²) in [7, 11) is 0. The minimum absolute atomic E-state index is 0.957. The highest BCUT2D eigenvalue weighted by molar-refractivity contribution is 9.10. The van der Waals surface area contributed by atoms with Crippen molar-refractivity contribution in [3.05, 3.63) is 29.0 Å². The Kier molecular flexibility index (Phi) is 1.89. The summed E-state index contributed by atoms with van der Waals surface area (Å²) in [5.41, 5.74) is 2.23. The lowest BCUT2D eigenvalue weighted by molar-refractivity contribution is 0.786. The average molecular weight is 225 g/mol. The minimum Gasteiger partial charge on any atom is -0.330 e. The van der Waals surface area contributed by atoms with Crippen molar-refractivity contribution < 1.29 is 0 Å². The van der Waals surface area contributed by atoms with Crippen molar-refractivity contribution in [2.75, 3.05) is 0 Å². The number of aromatic nitrogens is 2. The average Bonchev–Trinajstić information content (AvgIpc) is 2.49. The number of hydrogen-bond acceptors (Lipinski definition) is 1. The van der Waals surface area contributed by atoms with E-state index < -0.39 is 0 Å². The predicted octanol–water partition coefficient (Wildman–Crippen LogP) is 2.82. The van der Waals surface area contributed by atoms with Crippen LogP contribution in [-0.4, -0.2) is 9.55 Å². The Hall–Kier alpha value is -0.830. The van der Waals surface area contributed by atoms with E-state index in [0.717, 1.165) is 16.5 Å². The number of imidazole rings is 1. The first kappa shape index (κ1) is 7.80. The van der Waals surface area contributed by atoms with Crippen molar-refractivity contribution in [3.8, 4) is 0 Å². The maximum absolute atomic E-state index is 4.28. The summed E-state index contributed by atoms with van der Waals surface area (Å²) in [4.78, 5) is 4.28. The summed E-state index contributed by atoms with van der Waals surface area (Å²) in [6, 6.07) is 6.06. The Bertz CT molecular complexity index is 406. The molecule has 0 saturated carbocycles. The molecule has 0 spiro atoms. The molecule has 2 nitrogen and oxygen atoms in total. The number of hydrogen-bond donors (Lipinski definition) is 0. The van der Waals surface area contributed by atoms with Gasteiger partial charge in [0.2, 0.25) is 0 Å². The summed E-state index contributed by atoms with van der Waals surface area (Å²) >= 11 is 3.51. The first-order chi connectivity index (χ1) is 5.83. The van der Waals surface area contributed by atoms with Gasteiger partial charge in [0, 0.05) is 11.0 Å². The summed E-state index contributed by atoms with van der Waals surface area (Å²) in [6.45, 7) is 3.07. The number of nitrogens with zero attached hydrogens (tertiary/aromatic N) is 2. The maximum Gasteiger partial charge on any atom is 0.0958 e. The zero-order valence-electron chi connectivity index (χ0n) is 6.79. The molecule has 3 heteroatoms. The van der Waals surface area contributed by atoms with Crippen molar-refractivity contribution in [1.82, 2.24) is 9.55 Å². The highest BCUT2D eigenvalue weighted by Gasteiger charge is 2.03. The van der Waals surface area contributed by atoms with Crippen molar-refractivity contribution in [3.63, 3.8) is 0 Å². The van der Waals surface area contributed by atoms with E-state index in [4.69, 9.17) is 0 Å². The Morgan fingerprint density at radius 2 is 2.33 bits per heavy atom. The van der Waals surface area contributed by atoms with E-state index in [1.165, 1.54) is 5.52 Å². The second-order valence-corrected chi connectivity index (χ2v) is 3.49. The van der Waals surface area contributed by atoms with Gasteiger partial charge in [-0.3, -0.25) is 0 Å². The summed E-state index contributed by atoms with van der Waals surface area (Å²) in [5.74, 6) is 0. The van der Waals surface area contributed by atoms with E-state index >= 15 is 0 Å². The molecule has 0 aliphatic carbocycles. The fraction of sp³-hybridized carbons (Fsp3) is 0.222. The van der Waals surface area contributed by atoms with E-state index in [-0.39, 0.29) is 0 Å². The molecule has 62 valence electrons. The molecular formula is C9H9BrN2. The van der Waals surface area contributed by atoms with Gasteiger partial charge in [0.1, 0.15) is 0 Å². The van der Waals surface area contributed by atoms with E-state index in [2.05, 4.69) is 32.4 Å². The van der Waals surface area contributed by atoms with E-state index in [9.17, 15) is 0 Å². The molecule has 1 aromatic carbocycles. The molecule has 12 heavy (non-hydrogen) atoms. The summed E-state index contributed by atoms with van der Waals surface area (Å²) < 4.78 is 3.23. The SMILES string of the molecule is CCn1cnc2cccc(Br)c21. The highest BCUT2D eigenvalue weighted by Crippen LogP contribution is 2.22. The third-order valence-electron chi connectivity index (χ3n) is 1.93. The molecule has 0 N–H and O–H groups in total. The lowest BCUT2D eigenvalue weighted by Gasteiger charge is -1.99. The molecule has 0 aliphatic heterocycles. The second-order valence-electron chi connectivity index (χ2n) is 2.64. The van der Waals surface area contributed by atoms with Gasteiger partial charge in [-0.25, -0.2) is 4.98 Å². The highest BCUT2D eigenvalue weighted by atomic mass is 79.9. The first-order valence-electron chi connectivity index (χ1n) is 3.92. The molecule has 0 saturated heterocycles. The molecule has 0 radical (unpaired) electrons. The summed E-state index contributed by atoms with van der Waals surface area (Å²) in [6.07, 6.45) is 1.87. The lowest BCUT2D eigenvalue weighted by Crippen LogP contribution is -1.90. The van der Waals surface area contributed by atoms with E-state index in [1.54, 1.807) is 0 Å². The smallest absolute Gasteiger partial charge is 0.0958 e. The Morgan fingerprint density at radius 3 is 3.08 bits per heavy atom. The molecule has 2 aromatic rings. The quantitative estimate of drug-likeness (QED) is 0.729. The fourth-order valence-electron chi connectivity index (χ4n) is 1.32. The number of rotatable bonds is 1. The topological polar surface area (TPSA) is 17.8 Å². The monoisotopic (exact) mass is 224 g/mol. The largest absolute Gasteiger partial charge is 0.330 e. The molecule has 0 aliphatic rings. The molecule has 1 heterocycles. The molecule has 2 rings (SSSR count). The van der Waals surface area contributed by atoms with Crippen LogP contribution in [0.5, 0.6) is 0 Å². The minimum atomic E-state index is 0.957. The normalized spacial score (nSPS) is 10.8. The molecule has 0 bridgehead atoms. The van der Waals surface area contributed by atoms with Crippen LogP contribution in [0.1, 0.15) is 6.92 Å². The number of para-hydroxylation sites is 1. The zero-order chi connectivity index (χ0) is 8.55. The third-order valence-corrected chi connectivity index (χ3v) is 2.57. The predicted molar refractivity (Wildman–Crippen MR) is 53.1 cm³/mol. The first-order valence-corrected chi connectivity index (χ1v) is 4.71. The number of halogens is 1. The van der Waals surface area contributed by atoms with Crippen LogP contribution >= 0.6 is 15.9 Å². The van der Waals surface area contributed by atoms with Crippen LogP contribution < -0.4 is 0 Å². The van der Waals surface area contributed by atoms with Crippen molar-refractivity contribution in [2.45, 2.75) is 13.5 Å². The number of benzene rings is 1. The van der Waals surface area contributed by atoms with Crippen LogP contribution in [0.15, 0.2) is 29.0 Å². The van der Waals surface area contributed by atoms with Crippen molar-refractivity contribution in [1.29, 1.82) is 0 Å². The van der Waals surface area contributed by atoms with Crippen molar-refractivity contribution in [2.24, 2.45) is 0 Å². The molecule has 0 atom stereocenters. The van der Waals surface area contributed by atoms with Crippen LogP contribution in [0, 0.1) is 0 Å². The molecule has 0 fully saturated rings. The molecule has 0 amide bonds. The van der Waals surface area contributed by atoms with Gasteiger partial charge in [-0.2, -0.15) is 0 Å². The Labute approximate surface area is 79.3 Å². The van der Waals surface area contributed by atoms with Crippen LogP contribution in [0.2, 0.25) is 0 Å². The lowest BCUT2D eigenvalue weighted by atomic mass is 10.3. The van der Waals surface area contributed by atoms with Gasteiger partial charge in [0.25, 0.3) is 0 Å². The van der Waals surface area contributed by atoms with Gasteiger partial charge in [-0.1, -0.05) is 6.07 Å². The zero-order valence-corrected chi connectivity index (χ0v) is 8.37. The van der Waals surface area contributed by atoms with Gasteiger partial charge >= 0.3 is 0 Å². The van der Waals surface area contributed by atoms with Crippen LogP contribution in [0.3, 0.4) is 0 Å². The molecule has 0 unspecified atom stereocenters. The molecule has 1 aromatic heterocycles. The van der Waals surface area contributed by atoms with Gasteiger partial charge in [-0.05, 0) is 35.0 Å². The molecular weight excluding hydrogens is 216 g/mol. The number of aryl methyl sites for hydroxylation is 1. The Balaban J connectivity index is 2.83. The third kappa shape index (κ3) is 1.05. The van der Waals surface area contributed by atoms with Crippen molar-refractivity contribution >= 4 is 27.0 Å². The van der Waals surface area contributed by atoms with Crippen LogP contribution in [0.4, 0.5) is 0 Å². The van der Waals surface area contributed by atoms with E-state index in [1.807, 2.05) is 24.5 Å². The van der Waals surface area contributed by atoms with Crippen LogP contribution in [0.25, 0.3) is 11.0 Å². The number of fused-ring (bicyclic) bond motifs is 1. The van der Waals surface area contributed by atoms with Gasteiger partial charge in [-0.15, -0.1) is 0 Å². The van der Waals surface area contributed by atoms with Crippen LogP contribution in [-0.2, 0) is 6.54 Å². The van der Waals surface area contributed by atoms with E-state index in [0.29, 0.717) is 0 Å². The maximum atomic E-state index is 4.28. The second kappa shape index (κ2) is 2.90. The standard InChI is InChI=1S/C9H9BrN2/c1-2-12-6-11-8-5-3-4-7(10)9(8)12/h3-6H,2H2,1H3. The van der Waals surface area contributed by atoms with Gasteiger partial charge in [0.15, 0.2) is 0 Å². The van der Waals surface area contributed by atoms with Gasteiger partial charge < -0.3 is 4.57 Å². The Morgan fingerprint density at radius 1 is 1.50 bits per heavy atom. The fourth-order valence-corrected chi connectivity index (χ4v) is 1.91.